The largest absolute Gasteiger partial charge is 0.371 e. The first-order valence-electron chi connectivity index (χ1n) is 12.2. The molecule has 2 amide bonds. The number of benzene rings is 1. The number of anilines is 2. The number of ether oxygens (including phenoxy) is 1. The number of urea groups is 1. The summed E-state index contributed by atoms with van der Waals surface area (Å²) in [7, 11) is 0. The summed E-state index contributed by atoms with van der Waals surface area (Å²) in [5, 5.41) is 11.5. The molecule has 34 heavy (non-hydrogen) atoms. The summed E-state index contributed by atoms with van der Waals surface area (Å²) >= 11 is 0. The van der Waals surface area contributed by atoms with Crippen LogP contribution in [0.5, 0.6) is 0 Å². The molecule has 2 atom stereocenters. The number of amides is 2. The highest BCUT2D eigenvalue weighted by molar-refractivity contribution is 5.91. The topological polar surface area (TPSA) is 97.2 Å². The second-order valence-corrected chi connectivity index (χ2v) is 10.6. The Hall–Kier alpha value is -3.20. The predicted octanol–water partition coefficient (Wildman–Crippen LogP) is 3.90. The van der Waals surface area contributed by atoms with Gasteiger partial charge in [0.1, 0.15) is 5.82 Å². The van der Waals surface area contributed by atoms with Crippen molar-refractivity contribution < 1.29 is 9.53 Å². The SMILES string of the molecule is CC(C)(C)n1ncc2c(N3CC4CCC(C3)O4)nc(-c3ccc(NC(=O)NC4CC4)cc3)nc21. The first kappa shape index (κ1) is 21.3. The van der Waals surface area contributed by atoms with Crippen molar-refractivity contribution in [3.05, 3.63) is 30.5 Å². The van der Waals surface area contributed by atoms with E-state index in [-0.39, 0.29) is 23.8 Å². The highest BCUT2D eigenvalue weighted by atomic mass is 16.5. The van der Waals surface area contributed by atoms with Crippen molar-refractivity contribution in [3.8, 4) is 11.4 Å². The van der Waals surface area contributed by atoms with Gasteiger partial charge >= 0.3 is 6.03 Å². The van der Waals surface area contributed by atoms with Crippen molar-refractivity contribution in [3.63, 3.8) is 0 Å². The standard InChI is InChI=1S/C25H31N7O2/c1-25(2,3)32-23-20(12-26-32)22(31-13-18-10-11-19(14-31)34-18)29-21(30-23)15-4-6-16(7-5-15)27-24(33)28-17-8-9-17/h4-7,12,17-19H,8-11,13-14H2,1-3H3,(H2,27,28,33). The van der Waals surface area contributed by atoms with Crippen molar-refractivity contribution >= 4 is 28.6 Å². The lowest BCUT2D eigenvalue weighted by atomic mass is 10.1. The zero-order chi connectivity index (χ0) is 23.4. The van der Waals surface area contributed by atoms with Gasteiger partial charge in [0.05, 0.1) is 29.3 Å². The Balaban J connectivity index is 1.36. The fraction of sp³-hybridized carbons (Fsp3) is 0.520. The summed E-state index contributed by atoms with van der Waals surface area (Å²) in [6.07, 6.45) is 6.74. The average Bonchev–Trinajstić information content (AvgIpc) is 3.38. The Morgan fingerprint density at radius 3 is 2.38 bits per heavy atom. The highest BCUT2D eigenvalue weighted by Crippen LogP contribution is 2.35. The Labute approximate surface area is 198 Å². The van der Waals surface area contributed by atoms with Gasteiger partial charge in [-0.25, -0.2) is 19.4 Å². The van der Waals surface area contributed by atoms with Gasteiger partial charge in [-0.1, -0.05) is 0 Å². The van der Waals surface area contributed by atoms with E-state index in [2.05, 4.69) is 41.4 Å². The highest BCUT2D eigenvalue weighted by Gasteiger charge is 2.35. The summed E-state index contributed by atoms with van der Waals surface area (Å²) < 4.78 is 8.04. The third-order valence-corrected chi connectivity index (χ3v) is 6.70. The molecule has 2 aromatic heterocycles. The molecule has 2 saturated heterocycles. The molecule has 3 aromatic rings. The second-order valence-electron chi connectivity index (χ2n) is 10.6. The number of nitrogens with one attached hydrogen (secondary N) is 2. The Morgan fingerprint density at radius 1 is 1.03 bits per heavy atom. The first-order valence-corrected chi connectivity index (χ1v) is 12.2. The number of aromatic nitrogens is 4. The normalized spacial score (nSPS) is 22.3. The van der Waals surface area contributed by atoms with Gasteiger partial charge in [0.15, 0.2) is 11.5 Å². The fourth-order valence-electron chi connectivity index (χ4n) is 4.82. The molecule has 3 fully saturated rings. The van der Waals surface area contributed by atoms with Crippen LogP contribution in [0.2, 0.25) is 0 Å². The van der Waals surface area contributed by atoms with Crippen LogP contribution in [0.3, 0.4) is 0 Å². The Morgan fingerprint density at radius 2 is 1.74 bits per heavy atom. The molecule has 178 valence electrons. The quantitative estimate of drug-likeness (QED) is 0.612. The molecule has 0 radical (unpaired) electrons. The number of carbonyl (C=O) groups is 1. The van der Waals surface area contributed by atoms with Crippen LogP contribution in [0.25, 0.3) is 22.4 Å². The number of carbonyl (C=O) groups excluding carboxylic acids is 1. The molecule has 3 aliphatic rings. The molecule has 2 N–H and O–H groups in total. The van der Waals surface area contributed by atoms with Gasteiger partial charge in [-0.15, -0.1) is 0 Å². The number of hydrogen-bond acceptors (Lipinski definition) is 6. The molecule has 1 aliphatic carbocycles. The molecular formula is C25H31N7O2. The Kier molecular flexibility index (Phi) is 4.98. The van der Waals surface area contributed by atoms with Gasteiger partial charge in [0, 0.05) is 30.4 Å². The number of nitrogens with zero attached hydrogens (tertiary/aromatic N) is 5. The molecular weight excluding hydrogens is 430 g/mol. The van der Waals surface area contributed by atoms with Crippen molar-refractivity contribution in [2.45, 2.75) is 70.2 Å². The second kappa shape index (κ2) is 7.94. The molecule has 2 aliphatic heterocycles. The predicted molar refractivity (Wildman–Crippen MR) is 131 cm³/mol. The van der Waals surface area contributed by atoms with Crippen molar-refractivity contribution in [1.82, 2.24) is 25.1 Å². The number of morpholine rings is 1. The van der Waals surface area contributed by atoms with E-state index in [1.54, 1.807) is 0 Å². The van der Waals surface area contributed by atoms with Gasteiger partial charge in [-0.3, -0.25) is 0 Å². The molecule has 2 unspecified atom stereocenters. The maximum absolute atomic E-state index is 12.1. The smallest absolute Gasteiger partial charge is 0.319 e. The van der Waals surface area contributed by atoms with Crippen molar-refractivity contribution in [1.29, 1.82) is 0 Å². The van der Waals surface area contributed by atoms with Crippen LogP contribution in [0.1, 0.15) is 46.5 Å². The lowest BCUT2D eigenvalue weighted by molar-refractivity contribution is 0.0303. The van der Waals surface area contributed by atoms with Crippen molar-refractivity contribution in [2.75, 3.05) is 23.3 Å². The van der Waals surface area contributed by atoms with Crippen LogP contribution >= 0.6 is 0 Å². The van der Waals surface area contributed by atoms with Crippen LogP contribution in [0.15, 0.2) is 30.5 Å². The van der Waals surface area contributed by atoms with Gasteiger partial charge in [-0.2, -0.15) is 5.10 Å². The third-order valence-electron chi connectivity index (χ3n) is 6.70. The van der Waals surface area contributed by atoms with Crippen molar-refractivity contribution in [2.24, 2.45) is 0 Å². The van der Waals surface area contributed by atoms with Crippen LogP contribution in [-0.2, 0) is 10.3 Å². The minimum atomic E-state index is -0.211. The molecule has 1 saturated carbocycles. The van der Waals surface area contributed by atoms with E-state index in [1.807, 2.05) is 35.1 Å². The van der Waals surface area contributed by atoms with Crippen LogP contribution < -0.4 is 15.5 Å². The van der Waals surface area contributed by atoms with E-state index < -0.39 is 0 Å². The zero-order valence-corrected chi connectivity index (χ0v) is 19.9. The van der Waals surface area contributed by atoms with Gasteiger partial charge in [-0.05, 0) is 70.7 Å². The monoisotopic (exact) mass is 461 g/mol. The van der Waals surface area contributed by atoms with E-state index in [4.69, 9.17) is 14.7 Å². The summed E-state index contributed by atoms with van der Waals surface area (Å²) in [5.74, 6) is 1.57. The number of fused-ring (bicyclic) bond motifs is 3. The number of hydrogen-bond donors (Lipinski definition) is 2. The lowest BCUT2D eigenvalue weighted by Crippen LogP contribution is -2.43. The summed E-state index contributed by atoms with van der Waals surface area (Å²) in [4.78, 5) is 24.4. The van der Waals surface area contributed by atoms with Gasteiger partial charge in [0.2, 0.25) is 0 Å². The number of rotatable bonds is 4. The van der Waals surface area contributed by atoms with E-state index in [0.717, 1.165) is 66.9 Å². The maximum atomic E-state index is 12.1. The summed E-state index contributed by atoms with van der Waals surface area (Å²) in [5.41, 5.74) is 2.26. The summed E-state index contributed by atoms with van der Waals surface area (Å²) in [6.45, 7) is 8.05. The minimum Gasteiger partial charge on any atom is -0.371 e. The van der Waals surface area contributed by atoms with E-state index in [9.17, 15) is 4.79 Å². The molecule has 6 rings (SSSR count). The Bertz CT molecular complexity index is 1210. The summed E-state index contributed by atoms with van der Waals surface area (Å²) in [6, 6.07) is 7.86. The first-order chi connectivity index (χ1) is 16.3. The minimum absolute atomic E-state index is 0.161. The molecule has 1 aromatic carbocycles. The van der Waals surface area contributed by atoms with Crippen LogP contribution in [0, 0.1) is 0 Å². The molecule has 4 heterocycles. The van der Waals surface area contributed by atoms with Crippen LogP contribution in [-0.4, -0.2) is 57.1 Å². The fourth-order valence-corrected chi connectivity index (χ4v) is 4.82. The van der Waals surface area contributed by atoms with Gasteiger partial charge < -0.3 is 20.3 Å². The average molecular weight is 462 g/mol. The van der Waals surface area contributed by atoms with Gasteiger partial charge in [0.25, 0.3) is 0 Å². The molecule has 9 nitrogen and oxygen atoms in total. The zero-order valence-electron chi connectivity index (χ0n) is 19.9. The van der Waals surface area contributed by atoms with E-state index in [0.29, 0.717) is 11.9 Å². The molecule has 9 heteroatoms. The molecule has 0 spiro atoms. The van der Waals surface area contributed by atoms with E-state index >= 15 is 0 Å². The van der Waals surface area contributed by atoms with E-state index in [1.165, 1.54) is 0 Å². The molecule has 2 bridgehead atoms. The maximum Gasteiger partial charge on any atom is 0.319 e. The lowest BCUT2D eigenvalue weighted by Gasteiger charge is -2.33. The van der Waals surface area contributed by atoms with Crippen LogP contribution in [0.4, 0.5) is 16.3 Å². The third kappa shape index (κ3) is 4.09.